The van der Waals surface area contributed by atoms with E-state index in [0.29, 0.717) is 0 Å². The van der Waals surface area contributed by atoms with E-state index in [1.807, 2.05) is 0 Å². The van der Waals surface area contributed by atoms with Gasteiger partial charge >= 0.3 is 0 Å². The summed E-state index contributed by atoms with van der Waals surface area (Å²) in [4.78, 5) is 2.58. The second-order valence-electron chi connectivity index (χ2n) is 6.69. The molecule has 2 aliphatic heterocycles. The van der Waals surface area contributed by atoms with E-state index in [4.69, 9.17) is 0 Å². The molecule has 138 valence electrons. The number of nitrogens with zero attached hydrogens (tertiary/aromatic N) is 3. The summed E-state index contributed by atoms with van der Waals surface area (Å²) in [6.45, 7) is 17.6. The lowest BCUT2D eigenvalue weighted by Crippen LogP contribution is -2.40. The molecule has 2 fully saturated rings. The SMILES string of the molecule is CCCCC.CCCCN1CCN2CCN(CCCC)P1NC2. The largest absolute Gasteiger partial charge is 0.288 e. The second-order valence-corrected chi connectivity index (χ2v) is 8.72. The van der Waals surface area contributed by atoms with Crippen LogP contribution in [-0.4, -0.2) is 60.2 Å². The Balaban J connectivity index is 0.000000463. The summed E-state index contributed by atoms with van der Waals surface area (Å²) in [5, 5.41) is 3.80. The summed E-state index contributed by atoms with van der Waals surface area (Å²) in [7, 11) is -0.232. The van der Waals surface area contributed by atoms with Gasteiger partial charge in [0.2, 0.25) is 0 Å². The first-order chi connectivity index (χ1) is 11.3. The summed E-state index contributed by atoms with van der Waals surface area (Å²) < 4.78 is 5.43. The van der Waals surface area contributed by atoms with Crippen molar-refractivity contribution in [2.75, 3.05) is 45.9 Å². The third kappa shape index (κ3) is 8.27. The van der Waals surface area contributed by atoms with E-state index in [-0.39, 0.29) is 8.37 Å². The monoisotopic (exact) mass is 344 g/mol. The van der Waals surface area contributed by atoms with Crippen molar-refractivity contribution in [1.82, 2.24) is 19.3 Å². The maximum absolute atomic E-state index is 3.80. The second kappa shape index (κ2) is 13.5. The van der Waals surface area contributed by atoms with Gasteiger partial charge in [0, 0.05) is 39.3 Å². The molecule has 2 bridgehead atoms. The predicted molar refractivity (Wildman–Crippen MR) is 105 cm³/mol. The third-order valence-corrected chi connectivity index (χ3v) is 6.86. The van der Waals surface area contributed by atoms with Gasteiger partial charge in [0.15, 0.2) is 0 Å². The maximum atomic E-state index is 3.80. The minimum Gasteiger partial charge on any atom is -0.288 e. The maximum Gasteiger partial charge on any atom is 0.118 e. The third-order valence-electron chi connectivity index (χ3n) is 4.57. The summed E-state index contributed by atoms with van der Waals surface area (Å²) in [5.74, 6) is 0. The molecule has 2 aliphatic rings. The Kier molecular flexibility index (Phi) is 12.6. The van der Waals surface area contributed by atoms with E-state index in [0.717, 1.165) is 6.67 Å². The molecule has 0 radical (unpaired) electrons. The van der Waals surface area contributed by atoms with Gasteiger partial charge in [0.05, 0.1) is 6.67 Å². The first-order valence-electron chi connectivity index (χ1n) is 10.0. The molecule has 5 heteroatoms. The van der Waals surface area contributed by atoms with E-state index < -0.39 is 0 Å². The quantitative estimate of drug-likeness (QED) is 0.655. The van der Waals surface area contributed by atoms with E-state index in [2.05, 4.69) is 47.0 Å². The first-order valence-corrected chi connectivity index (χ1v) is 11.3. The van der Waals surface area contributed by atoms with Crippen LogP contribution in [0.15, 0.2) is 0 Å². The smallest absolute Gasteiger partial charge is 0.118 e. The molecule has 2 heterocycles. The Labute approximate surface area is 146 Å². The van der Waals surface area contributed by atoms with Crippen molar-refractivity contribution in [2.45, 2.75) is 72.6 Å². The Morgan fingerprint density at radius 3 is 1.57 bits per heavy atom. The number of hydrogen-bond donors (Lipinski definition) is 1. The van der Waals surface area contributed by atoms with Crippen LogP contribution in [0.4, 0.5) is 0 Å². The average Bonchev–Trinajstić information content (AvgIpc) is 2.88. The highest BCUT2D eigenvalue weighted by Crippen LogP contribution is 2.42. The van der Waals surface area contributed by atoms with Crippen molar-refractivity contribution < 1.29 is 0 Å². The molecular weight excluding hydrogens is 303 g/mol. The van der Waals surface area contributed by atoms with E-state index >= 15 is 0 Å². The van der Waals surface area contributed by atoms with Crippen molar-refractivity contribution in [2.24, 2.45) is 0 Å². The van der Waals surface area contributed by atoms with Crippen molar-refractivity contribution >= 4 is 8.37 Å². The topological polar surface area (TPSA) is 21.8 Å². The van der Waals surface area contributed by atoms with Gasteiger partial charge in [0.1, 0.15) is 8.37 Å². The highest BCUT2D eigenvalue weighted by atomic mass is 31.1. The zero-order chi connectivity index (χ0) is 16.9. The van der Waals surface area contributed by atoms with Gasteiger partial charge in [-0.25, -0.2) is 0 Å². The van der Waals surface area contributed by atoms with Crippen LogP contribution in [0, 0.1) is 0 Å². The lowest BCUT2D eigenvalue weighted by atomic mass is 10.3. The Morgan fingerprint density at radius 1 is 0.696 bits per heavy atom. The Morgan fingerprint density at radius 2 is 1.17 bits per heavy atom. The lowest BCUT2D eigenvalue weighted by Gasteiger charge is -2.38. The highest BCUT2D eigenvalue weighted by Gasteiger charge is 2.31. The molecule has 23 heavy (non-hydrogen) atoms. The number of unbranched alkanes of at least 4 members (excludes halogenated alkanes) is 4. The van der Waals surface area contributed by atoms with Crippen LogP contribution in [0.5, 0.6) is 0 Å². The van der Waals surface area contributed by atoms with Crippen molar-refractivity contribution in [1.29, 1.82) is 0 Å². The van der Waals surface area contributed by atoms with Gasteiger partial charge in [-0.1, -0.05) is 59.8 Å². The van der Waals surface area contributed by atoms with Crippen molar-refractivity contribution in [3.8, 4) is 0 Å². The first kappa shape index (κ1) is 21.3. The van der Waals surface area contributed by atoms with Crippen molar-refractivity contribution in [3.05, 3.63) is 0 Å². The number of nitrogens with one attached hydrogen (secondary N) is 1. The minimum atomic E-state index is -0.232. The molecule has 0 saturated carbocycles. The molecule has 2 rings (SSSR count). The molecular formula is C18H41N4P. The van der Waals surface area contributed by atoms with Gasteiger partial charge in [-0.3, -0.25) is 19.3 Å². The molecule has 2 saturated heterocycles. The predicted octanol–water partition coefficient (Wildman–Crippen LogP) is 4.49. The standard InChI is InChI=1S/C13H29N4P.C5H12/c1-3-5-7-16-11-9-15-10-12-17(8-6-4-2)18(16)14-13-15;1-3-5-4-2/h14H,3-13H2,1-2H3;3-5H2,1-2H3. The van der Waals surface area contributed by atoms with Crippen molar-refractivity contribution in [3.63, 3.8) is 0 Å². The molecule has 0 aliphatic carbocycles. The molecule has 0 spiro atoms. The molecule has 0 aromatic carbocycles. The van der Waals surface area contributed by atoms with Crippen LogP contribution in [0.3, 0.4) is 0 Å². The number of fused-ring (bicyclic) bond motifs is 3. The van der Waals surface area contributed by atoms with Gasteiger partial charge in [-0.05, 0) is 12.8 Å². The minimum absolute atomic E-state index is 0.232. The summed E-state index contributed by atoms with van der Waals surface area (Å²) in [5.41, 5.74) is 0. The average molecular weight is 345 g/mol. The number of hydrogen-bond acceptors (Lipinski definition) is 4. The summed E-state index contributed by atoms with van der Waals surface area (Å²) in [6, 6.07) is 0. The number of rotatable bonds is 8. The molecule has 0 amide bonds. The fourth-order valence-corrected chi connectivity index (χ4v) is 5.27. The molecule has 1 N–H and O–H groups in total. The van der Waals surface area contributed by atoms with Crippen LogP contribution in [0.2, 0.25) is 0 Å². The lowest BCUT2D eigenvalue weighted by molar-refractivity contribution is 0.237. The molecule has 4 nitrogen and oxygen atoms in total. The molecule has 0 aromatic rings. The van der Waals surface area contributed by atoms with Gasteiger partial charge in [-0.15, -0.1) is 0 Å². The fourth-order valence-electron chi connectivity index (χ4n) is 2.96. The van der Waals surface area contributed by atoms with E-state index in [1.54, 1.807) is 0 Å². The summed E-state index contributed by atoms with van der Waals surface area (Å²) in [6.07, 6.45) is 9.36. The molecule has 0 aromatic heterocycles. The van der Waals surface area contributed by atoms with Gasteiger partial charge < -0.3 is 0 Å². The highest BCUT2D eigenvalue weighted by molar-refractivity contribution is 7.50. The van der Waals surface area contributed by atoms with Crippen LogP contribution in [0.25, 0.3) is 0 Å². The molecule has 0 atom stereocenters. The van der Waals surface area contributed by atoms with E-state index in [1.165, 1.54) is 84.2 Å². The summed E-state index contributed by atoms with van der Waals surface area (Å²) >= 11 is 0. The normalized spacial score (nSPS) is 25.6. The van der Waals surface area contributed by atoms with Crippen LogP contribution >= 0.6 is 8.37 Å². The Bertz CT molecular complexity index is 256. The van der Waals surface area contributed by atoms with Gasteiger partial charge in [0.25, 0.3) is 0 Å². The zero-order valence-corrected chi connectivity index (χ0v) is 17.1. The van der Waals surface area contributed by atoms with Gasteiger partial charge in [-0.2, -0.15) is 0 Å². The zero-order valence-electron chi connectivity index (χ0n) is 16.2. The Hall–Kier alpha value is 0.270. The van der Waals surface area contributed by atoms with Crippen LogP contribution < -0.4 is 5.09 Å². The van der Waals surface area contributed by atoms with Crippen LogP contribution in [0.1, 0.15) is 72.6 Å². The molecule has 0 unspecified atom stereocenters. The van der Waals surface area contributed by atoms with E-state index in [9.17, 15) is 0 Å². The fraction of sp³-hybridized carbons (Fsp3) is 1.00. The van der Waals surface area contributed by atoms with Crippen LogP contribution in [-0.2, 0) is 0 Å².